The predicted molar refractivity (Wildman–Crippen MR) is 120 cm³/mol. The topological polar surface area (TPSA) is 95.3 Å². The summed E-state index contributed by atoms with van der Waals surface area (Å²) in [6.07, 6.45) is 7.99. The smallest absolute Gasteiger partial charge is 0.261 e. The van der Waals surface area contributed by atoms with Crippen molar-refractivity contribution < 1.29 is 14.3 Å². The van der Waals surface area contributed by atoms with Gasteiger partial charge in [-0.3, -0.25) is 14.2 Å². The molecule has 2 aromatic heterocycles. The largest absolute Gasteiger partial charge is 0.493 e. The SMILES string of the molecule is COc1cc2ncn(CCCC(=O)Nc3nc4c(s3)CCCCC4)c(=O)c2cc1OC. The van der Waals surface area contributed by atoms with E-state index < -0.39 is 0 Å². The lowest BCUT2D eigenvalue weighted by atomic mass is 10.2. The number of hydrogen-bond acceptors (Lipinski definition) is 7. The van der Waals surface area contributed by atoms with E-state index in [4.69, 9.17) is 9.47 Å². The number of nitrogens with one attached hydrogen (secondary N) is 1. The molecule has 0 saturated carbocycles. The Morgan fingerprint density at radius 2 is 1.94 bits per heavy atom. The Labute approximate surface area is 184 Å². The number of amides is 1. The second-order valence-electron chi connectivity index (χ2n) is 7.57. The number of methoxy groups -OCH3 is 2. The van der Waals surface area contributed by atoms with Gasteiger partial charge in [0.1, 0.15) is 0 Å². The molecule has 0 atom stereocenters. The van der Waals surface area contributed by atoms with Crippen LogP contribution in [-0.4, -0.2) is 34.7 Å². The first-order valence-electron chi connectivity index (χ1n) is 10.5. The van der Waals surface area contributed by atoms with Crippen LogP contribution in [0.3, 0.4) is 0 Å². The molecule has 164 valence electrons. The van der Waals surface area contributed by atoms with Crippen LogP contribution >= 0.6 is 11.3 Å². The van der Waals surface area contributed by atoms with Gasteiger partial charge in [0.2, 0.25) is 5.91 Å². The number of fused-ring (bicyclic) bond motifs is 2. The molecule has 0 saturated heterocycles. The number of carbonyl (C=O) groups is 1. The quantitative estimate of drug-likeness (QED) is 0.562. The molecular weight excluding hydrogens is 416 g/mol. The van der Waals surface area contributed by atoms with Crippen LogP contribution in [0.4, 0.5) is 5.13 Å². The van der Waals surface area contributed by atoms with Crippen LogP contribution in [-0.2, 0) is 24.2 Å². The van der Waals surface area contributed by atoms with E-state index in [-0.39, 0.29) is 11.5 Å². The van der Waals surface area contributed by atoms with Crippen molar-refractivity contribution in [2.75, 3.05) is 19.5 Å². The summed E-state index contributed by atoms with van der Waals surface area (Å²) in [7, 11) is 3.07. The fraction of sp³-hybridized carbons (Fsp3) is 0.455. The highest BCUT2D eigenvalue weighted by molar-refractivity contribution is 7.15. The molecule has 4 rings (SSSR count). The molecule has 1 aliphatic rings. The number of rotatable bonds is 7. The standard InChI is InChI=1S/C22H26N4O4S/c1-29-17-11-14-16(12-18(17)30-2)23-13-26(21(14)28)10-6-9-20(27)25-22-24-15-7-4-3-5-8-19(15)31-22/h11-13H,3-10H2,1-2H3,(H,24,25,27). The molecule has 3 aromatic rings. The first-order valence-corrected chi connectivity index (χ1v) is 11.3. The Bertz CT molecular complexity index is 1130. The number of aromatic nitrogens is 3. The van der Waals surface area contributed by atoms with Crippen molar-refractivity contribution in [3.63, 3.8) is 0 Å². The Kier molecular flexibility index (Phi) is 6.50. The number of nitrogens with zero attached hydrogens (tertiary/aromatic N) is 3. The molecule has 0 fully saturated rings. The van der Waals surface area contributed by atoms with Crippen molar-refractivity contribution in [1.82, 2.24) is 14.5 Å². The normalized spacial score (nSPS) is 13.5. The summed E-state index contributed by atoms with van der Waals surface area (Å²) in [5.74, 6) is 0.917. The first-order chi connectivity index (χ1) is 15.1. The molecule has 9 heteroatoms. The number of benzene rings is 1. The second kappa shape index (κ2) is 9.47. The Balaban J connectivity index is 1.38. The summed E-state index contributed by atoms with van der Waals surface area (Å²) >= 11 is 1.59. The fourth-order valence-electron chi connectivity index (χ4n) is 3.82. The van der Waals surface area contributed by atoms with E-state index in [1.165, 1.54) is 42.8 Å². The summed E-state index contributed by atoms with van der Waals surface area (Å²) in [5.41, 5.74) is 1.51. The molecule has 0 aliphatic heterocycles. The van der Waals surface area contributed by atoms with Gasteiger partial charge in [0.05, 0.1) is 37.1 Å². The van der Waals surface area contributed by atoms with Gasteiger partial charge in [-0.05, 0) is 38.2 Å². The molecule has 8 nitrogen and oxygen atoms in total. The van der Waals surface area contributed by atoms with Gasteiger partial charge in [-0.1, -0.05) is 6.42 Å². The maximum absolute atomic E-state index is 12.8. The predicted octanol–water partition coefficient (Wildman–Crippen LogP) is 3.56. The first kappa shape index (κ1) is 21.3. The average molecular weight is 443 g/mol. The maximum atomic E-state index is 12.8. The number of hydrogen-bond donors (Lipinski definition) is 1. The van der Waals surface area contributed by atoms with Crippen molar-refractivity contribution in [3.05, 3.63) is 39.4 Å². The third-order valence-electron chi connectivity index (χ3n) is 5.47. The van der Waals surface area contributed by atoms with E-state index in [1.54, 1.807) is 23.5 Å². The van der Waals surface area contributed by atoms with Gasteiger partial charge in [-0.2, -0.15) is 0 Å². The van der Waals surface area contributed by atoms with E-state index in [0.29, 0.717) is 46.9 Å². The average Bonchev–Trinajstić information content (AvgIpc) is 3.02. The Morgan fingerprint density at radius 1 is 1.16 bits per heavy atom. The molecule has 1 aromatic carbocycles. The van der Waals surface area contributed by atoms with Crippen molar-refractivity contribution in [2.45, 2.75) is 51.5 Å². The number of thiazole rings is 1. The molecular formula is C22H26N4O4S. The summed E-state index contributed by atoms with van der Waals surface area (Å²) in [4.78, 5) is 35.4. The summed E-state index contributed by atoms with van der Waals surface area (Å²) in [6.45, 7) is 0.401. The molecule has 0 spiro atoms. The van der Waals surface area contributed by atoms with Crippen LogP contribution in [0.1, 0.15) is 42.7 Å². The monoisotopic (exact) mass is 442 g/mol. The van der Waals surface area contributed by atoms with Crippen molar-refractivity contribution in [1.29, 1.82) is 0 Å². The van der Waals surface area contributed by atoms with E-state index in [2.05, 4.69) is 15.3 Å². The molecule has 31 heavy (non-hydrogen) atoms. The third kappa shape index (κ3) is 4.71. The number of carbonyl (C=O) groups excluding carboxylic acids is 1. The van der Waals surface area contributed by atoms with Crippen LogP contribution in [0.5, 0.6) is 11.5 Å². The molecule has 0 bridgehead atoms. The lowest BCUT2D eigenvalue weighted by Gasteiger charge is -2.10. The van der Waals surface area contributed by atoms with Crippen LogP contribution in [0.25, 0.3) is 10.9 Å². The zero-order valence-corrected chi connectivity index (χ0v) is 18.6. The number of anilines is 1. The Hall–Kier alpha value is -2.94. The van der Waals surface area contributed by atoms with Crippen molar-refractivity contribution >= 4 is 33.3 Å². The molecule has 0 radical (unpaired) electrons. The highest BCUT2D eigenvalue weighted by Crippen LogP contribution is 2.30. The summed E-state index contributed by atoms with van der Waals surface area (Å²) < 4.78 is 12.1. The lowest BCUT2D eigenvalue weighted by molar-refractivity contribution is -0.116. The Morgan fingerprint density at radius 3 is 2.74 bits per heavy atom. The number of ether oxygens (including phenoxy) is 2. The van der Waals surface area contributed by atoms with Crippen LogP contribution in [0.15, 0.2) is 23.3 Å². The second-order valence-corrected chi connectivity index (χ2v) is 8.65. The van der Waals surface area contributed by atoms with Crippen molar-refractivity contribution in [3.8, 4) is 11.5 Å². The number of aryl methyl sites for hydroxylation is 3. The van der Waals surface area contributed by atoms with Crippen LogP contribution in [0, 0.1) is 0 Å². The zero-order valence-electron chi connectivity index (χ0n) is 17.8. The van der Waals surface area contributed by atoms with E-state index in [9.17, 15) is 9.59 Å². The van der Waals surface area contributed by atoms with E-state index in [1.807, 2.05) is 0 Å². The van der Waals surface area contributed by atoms with Gasteiger partial charge >= 0.3 is 0 Å². The minimum Gasteiger partial charge on any atom is -0.493 e. The zero-order chi connectivity index (χ0) is 21.8. The lowest BCUT2D eigenvalue weighted by Crippen LogP contribution is -2.22. The van der Waals surface area contributed by atoms with E-state index in [0.717, 1.165) is 25.0 Å². The van der Waals surface area contributed by atoms with Gasteiger partial charge in [0.15, 0.2) is 16.6 Å². The third-order valence-corrected chi connectivity index (χ3v) is 6.55. The molecule has 2 heterocycles. The minimum atomic E-state index is -0.171. The molecule has 0 unspecified atom stereocenters. The van der Waals surface area contributed by atoms with Crippen LogP contribution < -0.4 is 20.3 Å². The molecule has 1 aliphatic carbocycles. The van der Waals surface area contributed by atoms with Gasteiger partial charge in [0, 0.05) is 23.9 Å². The highest BCUT2D eigenvalue weighted by Gasteiger charge is 2.16. The highest BCUT2D eigenvalue weighted by atomic mass is 32.1. The maximum Gasteiger partial charge on any atom is 0.261 e. The van der Waals surface area contributed by atoms with Crippen molar-refractivity contribution in [2.24, 2.45) is 0 Å². The minimum absolute atomic E-state index is 0.0860. The summed E-state index contributed by atoms with van der Waals surface area (Å²) in [5, 5.41) is 4.05. The summed E-state index contributed by atoms with van der Waals surface area (Å²) in [6, 6.07) is 3.32. The fourth-order valence-corrected chi connectivity index (χ4v) is 4.88. The molecule has 1 amide bonds. The van der Waals surface area contributed by atoms with Gasteiger partial charge < -0.3 is 14.8 Å². The van der Waals surface area contributed by atoms with E-state index >= 15 is 0 Å². The van der Waals surface area contributed by atoms with Gasteiger partial charge in [-0.25, -0.2) is 9.97 Å². The van der Waals surface area contributed by atoms with Gasteiger partial charge in [-0.15, -0.1) is 11.3 Å². The molecule has 1 N–H and O–H groups in total. The van der Waals surface area contributed by atoms with Gasteiger partial charge in [0.25, 0.3) is 5.56 Å². The van der Waals surface area contributed by atoms with Crippen LogP contribution in [0.2, 0.25) is 0 Å².